The van der Waals surface area contributed by atoms with Gasteiger partial charge < -0.3 is 29.7 Å². The molecule has 30 heavy (non-hydrogen) atoms. The van der Waals surface area contributed by atoms with Crippen LogP contribution in [0.2, 0.25) is 0 Å². The molecule has 1 aromatic carbocycles. The lowest BCUT2D eigenvalue weighted by molar-refractivity contribution is 0.158. The Bertz CT molecular complexity index is 632. The van der Waals surface area contributed by atoms with Crippen molar-refractivity contribution >= 4 is 29.9 Å². The zero-order chi connectivity index (χ0) is 21.1. The molecule has 1 aliphatic rings. The van der Waals surface area contributed by atoms with Crippen LogP contribution < -0.4 is 24.8 Å². The van der Waals surface area contributed by atoms with E-state index >= 15 is 0 Å². The van der Waals surface area contributed by atoms with Crippen molar-refractivity contribution in [2.75, 3.05) is 48.0 Å². The van der Waals surface area contributed by atoms with Gasteiger partial charge in [0.1, 0.15) is 0 Å². The lowest BCUT2D eigenvalue weighted by Crippen LogP contribution is -2.39. The number of likely N-dealkylation sites (tertiary alicyclic amines) is 1. The maximum Gasteiger partial charge on any atom is 0.203 e. The summed E-state index contributed by atoms with van der Waals surface area (Å²) in [6, 6.07) is 4.63. The largest absolute Gasteiger partial charge is 0.493 e. The monoisotopic (exact) mass is 534 g/mol. The molecular weight excluding hydrogens is 495 g/mol. The van der Waals surface area contributed by atoms with E-state index in [2.05, 4.69) is 27.4 Å². The Kier molecular flexibility index (Phi) is 12.9. The van der Waals surface area contributed by atoms with Crippen LogP contribution in [0.5, 0.6) is 17.2 Å². The number of hydrogen-bond donors (Lipinski definition) is 2. The summed E-state index contributed by atoms with van der Waals surface area (Å²) in [6.07, 6.45) is 6.41. The van der Waals surface area contributed by atoms with Crippen LogP contribution in [0, 0.1) is 0 Å². The Hall–Kier alpha value is -1.42. The summed E-state index contributed by atoms with van der Waals surface area (Å²) in [5.41, 5.74) is 1.03. The molecule has 1 aliphatic heterocycles. The highest BCUT2D eigenvalue weighted by Crippen LogP contribution is 2.38. The van der Waals surface area contributed by atoms with E-state index in [1.54, 1.807) is 28.4 Å². The summed E-state index contributed by atoms with van der Waals surface area (Å²) in [5.74, 6) is 2.70. The first-order chi connectivity index (χ1) is 14.1. The number of benzene rings is 1. The van der Waals surface area contributed by atoms with Crippen molar-refractivity contribution in [2.45, 2.75) is 51.6 Å². The molecule has 1 heterocycles. The van der Waals surface area contributed by atoms with Crippen LogP contribution in [0.3, 0.4) is 0 Å². The fraction of sp³-hybridized carbons (Fsp3) is 0.682. The third-order valence-corrected chi connectivity index (χ3v) is 5.51. The van der Waals surface area contributed by atoms with Gasteiger partial charge in [-0.05, 0) is 63.4 Å². The van der Waals surface area contributed by atoms with Gasteiger partial charge in [0.25, 0.3) is 0 Å². The Labute approximate surface area is 199 Å². The maximum atomic E-state index is 5.42. The third-order valence-electron chi connectivity index (χ3n) is 5.51. The molecule has 1 fully saturated rings. The van der Waals surface area contributed by atoms with E-state index in [9.17, 15) is 0 Å². The summed E-state index contributed by atoms with van der Waals surface area (Å²) < 4.78 is 16.2. The molecule has 0 aromatic heterocycles. The number of guanidine groups is 1. The fourth-order valence-corrected chi connectivity index (χ4v) is 3.78. The first-order valence-corrected chi connectivity index (χ1v) is 10.6. The Morgan fingerprint density at radius 2 is 1.77 bits per heavy atom. The molecule has 8 heteroatoms. The predicted octanol–water partition coefficient (Wildman–Crippen LogP) is 3.65. The molecule has 7 nitrogen and oxygen atoms in total. The van der Waals surface area contributed by atoms with Crippen molar-refractivity contribution in [1.82, 2.24) is 15.5 Å². The number of unbranched alkanes of at least 4 members (excludes halogenated alkanes) is 1. The molecule has 2 rings (SSSR count). The molecule has 0 spiro atoms. The van der Waals surface area contributed by atoms with E-state index in [0.717, 1.165) is 30.5 Å². The summed E-state index contributed by atoms with van der Waals surface area (Å²) in [4.78, 5) is 6.94. The molecule has 172 valence electrons. The molecule has 1 atom stereocenters. The van der Waals surface area contributed by atoms with E-state index in [1.807, 2.05) is 12.1 Å². The van der Waals surface area contributed by atoms with Crippen LogP contribution in [0.15, 0.2) is 17.1 Å². The first-order valence-electron chi connectivity index (χ1n) is 10.6. The van der Waals surface area contributed by atoms with Crippen molar-refractivity contribution in [1.29, 1.82) is 0 Å². The molecule has 0 radical (unpaired) electrons. The van der Waals surface area contributed by atoms with Crippen LogP contribution in [-0.4, -0.2) is 64.9 Å². The number of aliphatic imine (C=N–C) groups is 1. The third kappa shape index (κ3) is 8.02. The van der Waals surface area contributed by atoms with E-state index in [1.165, 1.54) is 38.8 Å². The molecule has 1 unspecified atom stereocenters. The van der Waals surface area contributed by atoms with Crippen LogP contribution >= 0.6 is 24.0 Å². The van der Waals surface area contributed by atoms with Gasteiger partial charge in [-0.25, -0.2) is 0 Å². The number of hydrogen-bond acceptors (Lipinski definition) is 5. The molecule has 0 bridgehead atoms. The van der Waals surface area contributed by atoms with Crippen LogP contribution in [-0.2, 0) is 6.54 Å². The van der Waals surface area contributed by atoms with Crippen LogP contribution in [0.1, 0.15) is 44.6 Å². The smallest absolute Gasteiger partial charge is 0.203 e. The van der Waals surface area contributed by atoms with Crippen molar-refractivity contribution in [3.05, 3.63) is 17.7 Å². The second kappa shape index (κ2) is 14.6. The number of piperidine rings is 1. The summed E-state index contributed by atoms with van der Waals surface area (Å²) in [7, 11) is 6.65. The van der Waals surface area contributed by atoms with E-state index < -0.39 is 0 Å². The minimum Gasteiger partial charge on any atom is -0.493 e. The van der Waals surface area contributed by atoms with Gasteiger partial charge in [0.15, 0.2) is 17.5 Å². The SMILES string of the molecule is CN=C(NCCCCN1CCCCC1C)NCc1cc(OC)c(OC)c(OC)c1.I. The molecule has 0 saturated carbocycles. The Morgan fingerprint density at radius 1 is 1.07 bits per heavy atom. The fourth-order valence-electron chi connectivity index (χ4n) is 3.78. The highest BCUT2D eigenvalue weighted by Gasteiger charge is 2.17. The number of nitrogens with one attached hydrogen (secondary N) is 2. The standard InChI is InChI=1S/C22H38N4O3.HI/c1-17-10-6-8-12-26(17)13-9-7-11-24-22(23-2)25-16-18-14-19(27-3)21(29-5)20(15-18)28-4;/h14-15,17H,6-13,16H2,1-5H3,(H2,23,24,25);1H. The molecular formula is C22H39IN4O3. The number of nitrogens with zero attached hydrogens (tertiary/aromatic N) is 2. The van der Waals surface area contributed by atoms with Gasteiger partial charge in [-0.15, -0.1) is 24.0 Å². The number of halogens is 1. The lowest BCUT2D eigenvalue weighted by atomic mass is 10.0. The molecule has 2 N–H and O–H groups in total. The van der Waals surface area contributed by atoms with E-state index in [-0.39, 0.29) is 24.0 Å². The van der Waals surface area contributed by atoms with Gasteiger partial charge in [0.05, 0.1) is 21.3 Å². The van der Waals surface area contributed by atoms with E-state index in [0.29, 0.717) is 23.8 Å². The topological polar surface area (TPSA) is 67.4 Å². The summed E-state index contributed by atoms with van der Waals surface area (Å²) in [6.45, 7) is 6.33. The average molecular weight is 534 g/mol. The van der Waals surface area contributed by atoms with Gasteiger partial charge in [-0.2, -0.15) is 0 Å². The number of rotatable bonds is 10. The molecule has 1 aromatic rings. The summed E-state index contributed by atoms with van der Waals surface area (Å²) in [5, 5.41) is 6.75. The molecule has 0 aliphatic carbocycles. The number of ether oxygens (including phenoxy) is 3. The first kappa shape index (κ1) is 26.6. The minimum atomic E-state index is 0. The average Bonchev–Trinajstić information content (AvgIpc) is 2.75. The zero-order valence-corrected chi connectivity index (χ0v) is 21.5. The van der Waals surface area contributed by atoms with Crippen molar-refractivity contribution in [2.24, 2.45) is 4.99 Å². The molecule has 0 amide bonds. The van der Waals surface area contributed by atoms with Crippen LogP contribution in [0.25, 0.3) is 0 Å². The normalized spacial score (nSPS) is 17.1. The second-order valence-corrected chi connectivity index (χ2v) is 7.47. The van der Waals surface area contributed by atoms with Gasteiger partial charge in [0, 0.05) is 26.2 Å². The van der Waals surface area contributed by atoms with Crippen molar-refractivity contribution in [3.63, 3.8) is 0 Å². The maximum absolute atomic E-state index is 5.42. The lowest BCUT2D eigenvalue weighted by Gasteiger charge is -2.33. The Balaban J connectivity index is 0.00000450. The Morgan fingerprint density at radius 3 is 2.33 bits per heavy atom. The predicted molar refractivity (Wildman–Crippen MR) is 134 cm³/mol. The zero-order valence-electron chi connectivity index (χ0n) is 19.1. The van der Waals surface area contributed by atoms with Gasteiger partial charge in [-0.1, -0.05) is 6.42 Å². The quantitative estimate of drug-likeness (QED) is 0.207. The van der Waals surface area contributed by atoms with Gasteiger partial charge in [-0.3, -0.25) is 4.99 Å². The van der Waals surface area contributed by atoms with E-state index in [4.69, 9.17) is 14.2 Å². The van der Waals surface area contributed by atoms with Gasteiger partial charge >= 0.3 is 0 Å². The van der Waals surface area contributed by atoms with Gasteiger partial charge in [0.2, 0.25) is 5.75 Å². The van der Waals surface area contributed by atoms with Crippen LogP contribution in [0.4, 0.5) is 0 Å². The highest BCUT2D eigenvalue weighted by molar-refractivity contribution is 14.0. The molecule has 1 saturated heterocycles. The highest BCUT2D eigenvalue weighted by atomic mass is 127. The van der Waals surface area contributed by atoms with Crippen molar-refractivity contribution in [3.8, 4) is 17.2 Å². The number of methoxy groups -OCH3 is 3. The minimum absolute atomic E-state index is 0. The van der Waals surface area contributed by atoms with Crippen molar-refractivity contribution < 1.29 is 14.2 Å². The summed E-state index contributed by atoms with van der Waals surface area (Å²) >= 11 is 0. The second-order valence-electron chi connectivity index (χ2n) is 7.47.